The van der Waals surface area contributed by atoms with Crippen molar-refractivity contribution in [3.63, 3.8) is 0 Å². The number of H-pyrrole nitrogens is 1. The number of benzene rings is 1. The lowest BCUT2D eigenvalue weighted by atomic mass is 10.1. The van der Waals surface area contributed by atoms with Crippen molar-refractivity contribution in [1.82, 2.24) is 14.9 Å². The summed E-state index contributed by atoms with van der Waals surface area (Å²) in [6, 6.07) is 8.15. The van der Waals surface area contributed by atoms with Gasteiger partial charge in [-0.15, -0.1) is 0 Å². The molecule has 0 bridgehead atoms. The van der Waals surface area contributed by atoms with Crippen LogP contribution in [0.1, 0.15) is 12.8 Å². The minimum absolute atomic E-state index is 0.274. The van der Waals surface area contributed by atoms with E-state index in [0.717, 1.165) is 29.8 Å². The van der Waals surface area contributed by atoms with Gasteiger partial charge in [0.05, 0.1) is 11.0 Å². The third kappa shape index (κ3) is 2.47. The zero-order valence-electron chi connectivity index (χ0n) is 10.5. The Morgan fingerprint density at radius 2 is 2.11 bits per heavy atom. The fourth-order valence-electron chi connectivity index (χ4n) is 2.43. The van der Waals surface area contributed by atoms with Gasteiger partial charge in [0.15, 0.2) is 0 Å². The van der Waals surface area contributed by atoms with E-state index in [2.05, 4.69) is 15.3 Å². The van der Waals surface area contributed by atoms with Crippen molar-refractivity contribution in [3.8, 4) is 0 Å². The standard InChI is InChI=1S/C13H16N4O2/c18-13(19)17-7-5-9(6-8-17)14-12-15-10-3-1-2-4-11(10)16-12/h1-4,9H,5-8H2,(H,18,19)(H2,14,15,16). The fraction of sp³-hybridized carbons (Fsp3) is 0.385. The predicted molar refractivity (Wildman–Crippen MR) is 72.3 cm³/mol. The normalized spacial score (nSPS) is 16.7. The zero-order chi connectivity index (χ0) is 13.2. The molecule has 0 radical (unpaired) electrons. The van der Waals surface area contributed by atoms with E-state index in [1.54, 1.807) is 0 Å². The first-order chi connectivity index (χ1) is 9.22. The number of aromatic nitrogens is 2. The Morgan fingerprint density at radius 1 is 1.37 bits per heavy atom. The summed E-state index contributed by atoms with van der Waals surface area (Å²) in [6.07, 6.45) is 0.786. The summed E-state index contributed by atoms with van der Waals surface area (Å²) in [5.74, 6) is 0.759. The Hall–Kier alpha value is -2.24. The lowest BCUT2D eigenvalue weighted by Crippen LogP contribution is -2.41. The van der Waals surface area contributed by atoms with E-state index in [1.807, 2.05) is 24.3 Å². The summed E-state index contributed by atoms with van der Waals surface area (Å²) in [6.45, 7) is 1.15. The molecule has 0 aliphatic carbocycles. The molecule has 100 valence electrons. The van der Waals surface area contributed by atoms with Crippen LogP contribution in [0.2, 0.25) is 0 Å². The molecule has 1 aliphatic heterocycles. The molecule has 1 saturated heterocycles. The number of likely N-dealkylation sites (tertiary alicyclic amines) is 1. The third-order valence-corrected chi connectivity index (χ3v) is 3.50. The number of fused-ring (bicyclic) bond motifs is 1. The van der Waals surface area contributed by atoms with Crippen molar-refractivity contribution < 1.29 is 9.90 Å². The molecule has 0 unspecified atom stereocenters. The van der Waals surface area contributed by atoms with Gasteiger partial charge in [0.1, 0.15) is 0 Å². The van der Waals surface area contributed by atoms with Crippen LogP contribution in [0.5, 0.6) is 0 Å². The molecule has 6 nitrogen and oxygen atoms in total. The number of imidazole rings is 1. The molecule has 0 saturated carbocycles. The number of para-hydroxylation sites is 2. The summed E-state index contributed by atoms with van der Waals surface area (Å²) in [5.41, 5.74) is 1.95. The molecule has 1 amide bonds. The summed E-state index contributed by atoms with van der Waals surface area (Å²) >= 11 is 0. The Labute approximate surface area is 110 Å². The van der Waals surface area contributed by atoms with E-state index >= 15 is 0 Å². The smallest absolute Gasteiger partial charge is 0.407 e. The molecule has 1 aromatic heterocycles. The van der Waals surface area contributed by atoms with E-state index in [-0.39, 0.29) is 6.04 Å². The number of nitrogens with one attached hydrogen (secondary N) is 2. The second kappa shape index (κ2) is 4.79. The molecule has 2 heterocycles. The number of nitrogens with zero attached hydrogens (tertiary/aromatic N) is 2. The van der Waals surface area contributed by atoms with Crippen LogP contribution >= 0.6 is 0 Å². The summed E-state index contributed by atoms with van der Waals surface area (Å²) in [7, 11) is 0. The van der Waals surface area contributed by atoms with Crippen molar-refractivity contribution in [2.75, 3.05) is 18.4 Å². The lowest BCUT2D eigenvalue weighted by molar-refractivity contribution is 0.133. The summed E-state index contributed by atoms with van der Waals surface area (Å²) < 4.78 is 0. The number of amides is 1. The Balaban J connectivity index is 1.64. The van der Waals surface area contributed by atoms with Crippen molar-refractivity contribution in [2.24, 2.45) is 0 Å². The van der Waals surface area contributed by atoms with Gasteiger partial charge in [-0.2, -0.15) is 0 Å². The van der Waals surface area contributed by atoms with E-state index < -0.39 is 6.09 Å². The molecular weight excluding hydrogens is 244 g/mol. The number of hydrogen-bond acceptors (Lipinski definition) is 3. The topological polar surface area (TPSA) is 81.2 Å². The second-order valence-corrected chi connectivity index (χ2v) is 4.79. The molecule has 0 atom stereocenters. The highest BCUT2D eigenvalue weighted by Gasteiger charge is 2.22. The molecule has 6 heteroatoms. The van der Waals surface area contributed by atoms with E-state index in [1.165, 1.54) is 4.90 Å². The average Bonchev–Trinajstić information content (AvgIpc) is 2.81. The lowest BCUT2D eigenvalue weighted by Gasteiger charge is -2.30. The van der Waals surface area contributed by atoms with Gasteiger partial charge in [0, 0.05) is 19.1 Å². The van der Waals surface area contributed by atoms with Crippen molar-refractivity contribution >= 4 is 23.1 Å². The Morgan fingerprint density at radius 3 is 2.79 bits per heavy atom. The Kier molecular flexibility index (Phi) is 2.98. The highest BCUT2D eigenvalue weighted by Crippen LogP contribution is 2.18. The van der Waals surface area contributed by atoms with Crippen molar-refractivity contribution in [1.29, 1.82) is 0 Å². The molecule has 0 spiro atoms. The quantitative estimate of drug-likeness (QED) is 0.772. The van der Waals surface area contributed by atoms with Crippen molar-refractivity contribution in [3.05, 3.63) is 24.3 Å². The number of carboxylic acid groups (broad SMARTS) is 1. The minimum atomic E-state index is -0.831. The fourth-order valence-corrected chi connectivity index (χ4v) is 2.43. The van der Waals surface area contributed by atoms with Gasteiger partial charge in [0.25, 0.3) is 0 Å². The largest absolute Gasteiger partial charge is 0.465 e. The van der Waals surface area contributed by atoms with Gasteiger partial charge in [-0.05, 0) is 25.0 Å². The van der Waals surface area contributed by atoms with Gasteiger partial charge in [-0.3, -0.25) is 0 Å². The maximum Gasteiger partial charge on any atom is 0.407 e. The van der Waals surface area contributed by atoms with Crippen molar-refractivity contribution in [2.45, 2.75) is 18.9 Å². The molecule has 19 heavy (non-hydrogen) atoms. The van der Waals surface area contributed by atoms with Gasteiger partial charge in [0.2, 0.25) is 5.95 Å². The first-order valence-electron chi connectivity index (χ1n) is 6.41. The zero-order valence-corrected chi connectivity index (χ0v) is 10.5. The number of aromatic amines is 1. The number of piperidine rings is 1. The summed E-state index contributed by atoms with van der Waals surface area (Å²) in [5, 5.41) is 12.2. The average molecular weight is 260 g/mol. The van der Waals surface area contributed by atoms with Gasteiger partial charge in [-0.1, -0.05) is 12.1 Å². The summed E-state index contributed by atoms with van der Waals surface area (Å²) in [4.78, 5) is 20.0. The highest BCUT2D eigenvalue weighted by molar-refractivity contribution is 5.77. The monoisotopic (exact) mass is 260 g/mol. The second-order valence-electron chi connectivity index (χ2n) is 4.79. The van der Waals surface area contributed by atoms with Gasteiger partial charge < -0.3 is 20.3 Å². The van der Waals surface area contributed by atoms with E-state index in [0.29, 0.717) is 13.1 Å². The number of anilines is 1. The maximum absolute atomic E-state index is 10.8. The van der Waals surface area contributed by atoms with Crippen LogP contribution in [0.25, 0.3) is 11.0 Å². The molecule has 3 N–H and O–H groups in total. The van der Waals surface area contributed by atoms with Crippen LogP contribution in [0, 0.1) is 0 Å². The molecule has 2 aromatic rings. The molecule has 1 fully saturated rings. The van der Waals surface area contributed by atoms with Gasteiger partial charge >= 0.3 is 6.09 Å². The van der Waals surface area contributed by atoms with Crippen LogP contribution in [0.3, 0.4) is 0 Å². The highest BCUT2D eigenvalue weighted by atomic mass is 16.4. The molecule has 1 aromatic carbocycles. The Bertz CT molecular complexity index is 554. The minimum Gasteiger partial charge on any atom is -0.465 e. The molecule has 1 aliphatic rings. The van der Waals surface area contributed by atoms with E-state index in [4.69, 9.17) is 5.11 Å². The number of carbonyl (C=O) groups is 1. The van der Waals surface area contributed by atoms with Gasteiger partial charge in [-0.25, -0.2) is 9.78 Å². The number of rotatable bonds is 2. The van der Waals surface area contributed by atoms with Crippen LogP contribution in [0.4, 0.5) is 10.7 Å². The number of hydrogen-bond donors (Lipinski definition) is 3. The van der Waals surface area contributed by atoms with Crippen LogP contribution < -0.4 is 5.32 Å². The predicted octanol–water partition coefficient (Wildman–Crippen LogP) is 2.12. The first-order valence-corrected chi connectivity index (χ1v) is 6.41. The first kappa shape index (κ1) is 11.8. The van der Waals surface area contributed by atoms with Crippen LogP contribution in [0.15, 0.2) is 24.3 Å². The molecular formula is C13H16N4O2. The van der Waals surface area contributed by atoms with Crippen LogP contribution in [-0.4, -0.2) is 45.2 Å². The SMILES string of the molecule is O=C(O)N1CCC(Nc2nc3ccccc3[nH]2)CC1. The van der Waals surface area contributed by atoms with Crippen LogP contribution in [-0.2, 0) is 0 Å². The molecule has 3 rings (SSSR count). The van der Waals surface area contributed by atoms with E-state index in [9.17, 15) is 4.79 Å². The maximum atomic E-state index is 10.8. The third-order valence-electron chi connectivity index (χ3n) is 3.50.